The lowest BCUT2D eigenvalue weighted by molar-refractivity contribution is -0.143. The molecule has 0 saturated carbocycles. The summed E-state index contributed by atoms with van der Waals surface area (Å²) in [7, 11) is 0. The minimum atomic E-state index is -0.949. The van der Waals surface area contributed by atoms with Gasteiger partial charge in [0.05, 0.1) is 0 Å². The van der Waals surface area contributed by atoms with Gasteiger partial charge in [0, 0.05) is 6.42 Å². The fourth-order valence-corrected chi connectivity index (χ4v) is 2.23. The topological polar surface area (TPSA) is 66.4 Å². The Morgan fingerprint density at radius 1 is 1.05 bits per heavy atom. The number of carbonyl (C=O) groups is 2. The van der Waals surface area contributed by atoms with Crippen molar-refractivity contribution in [2.24, 2.45) is 5.92 Å². The molecule has 0 aromatic rings. The Morgan fingerprint density at radius 3 is 2.23 bits per heavy atom. The van der Waals surface area contributed by atoms with Gasteiger partial charge in [-0.25, -0.2) is 4.79 Å². The number of nitrogens with one attached hydrogen (secondary N) is 1. The van der Waals surface area contributed by atoms with Crippen LogP contribution in [0.3, 0.4) is 0 Å². The zero-order valence-electron chi connectivity index (χ0n) is 14.4. The van der Waals surface area contributed by atoms with Crippen molar-refractivity contribution in [2.75, 3.05) is 0 Å². The monoisotopic (exact) mass is 311 g/mol. The van der Waals surface area contributed by atoms with E-state index in [1.807, 2.05) is 13.8 Å². The molecule has 0 saturated heterocycles. The molecule has 4 nitrogen and oxygen atoms in total. The summed E-state index contributed by atoms with van der Waals surface area (Å²) < 4.78 is 0. The lowest BCUT2D eigenvalue weighted by atomic mass is 9.99. The van der Waals surface area contributed by atoms with Crippen LogP contribution in [0.4, 0.5) is 0 Å². The summed E-state index contributed by atoms with van der Waals surface area (Å²) in [5, 5.41) is 11.8. The van der Waals surface area contributed by atoms with Crippen molar-refractivity contribution in [3.05, 3.63) is 12.2 Å². The molecule has 4 heteroatoms. The van der Waals surface area contributed by atoms with Crippen LogP contribution in [-0.4, -0.2) is 23.0 Å². The van der Waals surface area contributed by atoms with Gasteiger partial charge in [-0.3, -0.25) is 4.79 Å². The number of amides is 1. The number of hydrogen-bond acceptors (Lipinski definition) is 2. The van der Waals surface area contributed by atoms with E-state index in [1.165, 1.54) is 25.7 Å². The Bertz CT molecular complexity index is 339. The maximum atomic E-state index is 11.8. The van der Waals surface area contributed by atoms with Crippen LogP contribution in [0.2, 0.25) is 0 Å². The Kier molecular flexibility index (Phi) is 12.5. The quantitative estimate of drug-likeness (QED) is 0.394. The van der Waals surface area contributed by atoms with Gasteiger partial charge in [-0.1, -0.05) is 58.6 Å². The van der Waals surface area contributed by atoms with Crippen molar-refractivity contribution in [3.8, 4) is 0 Å². The third-order valence-corrected chi connectivity index (χ3v) is 3.96. The highest BCUT2D eigenvalue weighted by molar-refractivity contribution is 5.83. The molecule has 0 aromatic carbocycles. The fraction of sp³-hybridized carbons (Fsp3) is 0.778. The lowest BCUT2D eigenvalue weighted by Crippen LogP contribution is -2.44. The van der Waals surface area contributed by atoms with E-state index < -0.39 is 12.0 Å². The minimum Gasteiger partial charge on any atom is -0.480 e. The molecule has 0 radical (unpaired) electrons. The highest BCUT2D eigenvalue weighted by atomic mass is 16.4. The van der Waals surface area contributed by atoms with E-state index in [0.717, 1.165) is 25.7 Å². The van der Waals surface area contributed by atoms with Crippen LogP contribution in [-0.2, 0) is 9.59 Å². The minimum absolute atomic E-state index is 0.0514. The molecule has 0 aliphatic carbocycles. The number of carbonyl (C=O) groups excluding carboxylic acids is 1. The molecular formula is C18H33NO3. The molecule has 2 N–H and O–H groups in total. The van der Waals surface area contributed by atoms with Gasteiger partial charge < -0.3 is 10.4 Å². The lowest BCUT2D eigenvalue weighted by Gasteiger charge is -2.19. The van der Waals surface area contributed by atoms with Crippen LogP contribution >= 0.6 is 0 Å². The van der Waals surface area contributed by atoms with Crippen LogP contribution in [0, 0.1) is 5.92 Å². The molecule has 0 fully saturated rings. The van der Waals surface area contributed by atoms with Crippen molar-refractivity contribution in [1.29, 1.82) is 0 Å². The standard InChI is InChI=1S/C18H33NO3/c1-4-6-7-8-9-10-11-12-13-14-16(20)19-17(18(21)22)15(3)5-2/h10-11,15,17H,4-9,12-14H2,1-3H3,(H,19,20)(H,21,22)/b11-10-. The summed E-state index contributed by atoms with van der Waals surface area (Å²) in [4.78, 5) is 22.9. The molecule has 0 bridgehead atoms. The Hall–Kier alpha value is -1.32. The SMILES string of the molecule is CCCCCC/C=C\CCCC(=O)NC(C(=O)O)C(C)CC. The molecule has 2 atom stereocenters. The van der Waals surface area contributed by atoms with Crippen molar-refractivity contribution in [1.82, 2.24) is 5.32 Å². The van der Waals surface area contributed by atoms with Gasteiger partial charge in [0.2, 0.25) is 5.91 Å². The number of aliphatic carboxylic acids is 1. The largest absolute Gasteiger partial charge is 0.480 e. The smallest absolute Gasteiger partial charge is 0.326 e. The van der Waals surface area contributed by atoms with Gasteiger partial charge in [-0.2, -0.15) is 0 Å². The zero-order chi connectivity index (χ0) is 16.8. The van der Waals surface area contributed by atoms with Crippen LogP contribution < -0.4 is 5.32 Å². The second-order valence-corrected chi connectivity index (χ2v) is 5.98. The predicted octanol–water partition coefficient (Wildman–Crippen LogP) is 4.30. The predicted molar refractivity (Wildman–Crippen MR) is 90.8 cm³/mol. The second kappa shape index (κ2) is 13.4. The number of carboxylic acids is 1. The molecule has 0 rings (SSSR count). The highest BCUT2D eigenvalue weighted by Gasteiger charge is 2.24. The summed E-state index contributed by atoms with van der Waals surface area (Å²) in [5.74, 6) is -1.16. The summed E-state index contributed by atoms with van der Waals surface area (Å²) >= 11 is 0. The molecule has 1 amide bonds. The van der Waals surface area contributed by atoms with E-state index >= 15 is 0 Å². The summed E-state index contributed by atoms with van der Waals surface area (Å²) in [6.07, 6.45) is 13.3. The number of unbranched alkanes of at least 4 members (excludes halogenated alkanes) is 5. The van der Waals surface area contributed by atoms with Crippen LogP contribution in [0.5, 0.6) is 0 Å². The normalized spacial score (nSPS) is 14.0. The first-order valence-electron chi connectivity index (χ1n) is 8.70. The van der Waals surface area contributed by atoms with Crippen molar-refractivity contribution < 1.29 is 14.7 Å². The van der Waals surface area contributed by atoms with Gasteiger partial charge >= 0.3 is 5.97 Å². The first-order valence-corrected chi connectivity index (χ1v) is 8.70. The van der Waals surface area contributed by atoms with Crippen LogP contribution in [0.1, 0.15) is 78.6 Å². The van der Waals surface area contributed by atoms with Gasteiger partial charge in [-0.15, -0.1) is 0 Å². The number of rotatable bonds is 13. The third kappa shape index (κ3) is 10.4. The number of hydrogen-bond donors (Lipinski definition) is 2. The first kappa shape index (κ1) is 20.7. The second-order valence-electron chi connectivity index (χ2n) is 5.98. The molecule has 0 spiro atoms. The molecule has 0 heterocycles. The molecule has 0 aromatic heterocycles. The molecule has 128 valence electrons. The number of carboxylic acid groups (broad SMARTS) is 1. The first-order chi connectivity index (χ1) is 10.5. The van der Waals surface area contributed by atoms with Gasteiger partial charge in [-0.05, 0) is 31.6 Å². The average molecular weight is 311 g/mol. The molecule has 0 aliphatic heterocycles. The highest BCUT2D eigenvalue weighted by Crippen LogP contribution is 2.09. The molecule has 22 heavy (non-hydrogen) atoms. The van der Waals surface area contributed by atoms with Crippen LogP contribution in [0.25, 0.3) is 0 Å². The Labute approximate surface area is 135 Å². The van der Waals surface area contributed by atoms with E-state index in [2.05, 4.69) is 24.4 Å². The van der Waals surface area contributed by atoms with Crippen molar-refractivity contribution in [2.45, 2.75) is 84.6 Å². The van der Waals surface area contributed by atoms with E-state index in [9.17, 15) is 9.59 Å². The summed E-state index contributed by atoms with van der Waals surface area (Å²) in [5.41, 5.74) is 0. The van der Waals surface area contributed by atoms with E-state index in [4.69, 9.17) is 5.11 Å². The Morgan fingerprint density at radius 2 is 1.68 bits per heavy atom. The maximum absolute atomic E-state index is 11.8. The molecule has 2 unspecified atom stereocenters. The summed E-state index contributed by atoms with van der Waals surface area (Å²) in [6, 6.07) is -0.772. The van der Waals surface area contributed by atoms with Gasteiger partial charge in [0.15, 0.2) is 0 Å². The van der Waals surface area contributed by atoms with Gasteiger partial charge in [0.25, 0.3) is 0 Å². The van der Waals surface area contributed by atoms with Gasteiger partial charge in [0.1, 0.15) is 6.04 Å². The van der Waals surface area contributed by atoms with E-state index in [1.54, 1.807) is 0 Å². The van der Waals surface area contributed by atoms with Crippen molar-refractivity contribution >= 4 is 11.9 Å². The number of allylic oxidation sites excluding steroid dienone is 2. The van der Waals surface area contributed by atoms with E-state index in [-0.39, 0.29) is 11.8 Å². The third-order valence-electron chi connectivity index (χ3n) is 3.96. The average Bonchev–Trinajstić information content (AvgIpc) is 2.50. The van der Waals surface area contributed by atoms with Crippen molar-refractivity contribution in [3.63, 3.8) is 0 Å². The summed E-state index contributed by atoms with van der Waals surface area (Å²) in [6.45, 7) is 5.98. The fourth-order valence-electron chi connectivity index (χ4n) is 2.23. The Balaban J connectivity index is 3.80. The van der Waals surface area contributed by atoms with E-state index in [0.29, 0.717) is 6.42 Å². The molecule has 0 aliphatic rings. The zero-order valence-corrected chi connectivity index (χ0v) is 14.4. The van der Waals surface area contributed by atoms with Crippen LogP contribution in [0.15, 0.2) is 12.2 Å². The maximum Gasteiger partial charge on any atom is 0.326 e. The molecular weight excluding hydrogens is 278 g/mol.